The minimum atomic E-state index is -0.0271. The van der Waals surface area contributed by atoms with E-state index in [0.29, 0.717) is 13.0 Å². The first-order valence-corrected chi connectivity index (χ1v) is 4.85. The van der Waals surface area contributed by atoms with Gasteiger partial charge in [-0.2, -0.15) is 0 Å². The number of hydrogen-bond donors (Lipinski definition) is 2. The summed E-state index contributed by atoms with van der Waals surface area (Å²) in [6.07, 6.45) is 1.34. The highest BCUT2D eigenvalue weighted by Crippen LogP contribution is 2.10. The first-order chi connectivity index (χ1) is 6.76. The molecule has 0 bridgehead atoms. The molecule has 1 amide bonds. The molecule has 0 heterocycles. The lowest BCUT2D eigenvalue weighted by molar-refractivity contribution is -0.116. The molecule has 1 aromatic carbocycles. The number of nitrogens with one attached hydrogen (secondary N) is 1. The number of rotatable bonds is 4. The van der Waals surface area contributed by atoms with E-state index in [1.165, 1.54) is 5.56 Å². The Balaban J connectivity index is 2.62. The summed E-state index contributed by atoms with van der Waals surface area (Å²) in [5.41, 5.74) is 7.35. The van der Waals surface area contributed by atoms with Gasteiger partial charge in [-0.05, 0) is 24.1 Å². The van der Waals surface area contributed by atoms with Gasteiger partial charge in [-0.25, -0.2) is 0 Å². The number of benzene rings is 1. The van der Waals surface area contributed by atoms with Crippen molar-refractivity contribution in [1.29, 1.82) is 0 Å². The molecule has 0 saturated carbocycles. The van der Waals surface area contributed by atoms with Gasteiger partial charge in [-0.3, -0.25) is 4.79 Å². The molecule has 0 aliphatic rings. The van der Waals surface area contributed by atoms with Crippen LogP contribution in [0.5, 0.6) is 0 Å². The SMILES string of the molecule is CCc1cccc(NC(=O)CCN)c1. The van der Waals surface area contributed by atoms with Crippen molar-refractivity contribution in [2.24, 2.45) is 5.73 Å². The first kappa shape index (κ1) is 10.7. The van der Waals surface area contributed by atoms with Crippen molar-refractivity contribution in [1.82, 2.24) is 0 Å². The zero-order chi connectivity index (χ0) is 10.4. The maximum Gasteiger partial charge on any atom is 0.225 e. The van der Waals surface area contributed by atoms with E-state index in [2.05, 4.69) is 12.2 Å². The van der Waals surface area contributed by atoms with Gasteiger partial charge in [0.2, 0.25) is 5.91 Å². The van der Waals surface area contributed by atoms with E-state index in [-0.39, 0.29) is 5.91 Å². The Morgan fingerprint density at radius 1 is 1.50 bits per heavy atom. The number of anilines is 1. The van der Waals surface area contributed by atoms with Crippen LogP contribution in [-0.4, -0.2) is 12.5 Å². The molecule has 1 aromatic rings. The molecule has 0 aliphatic carbocycles. The van der Waals surface area contributed by atoms with Gasteiger partial charge in [-0.15, -0.1) is 0 Å². The standard InChI is InChI=1S/C11H16N2O/c1-2-9-4-3-5-10(8-9)13-11(14)6-7-12/h3-5,8H,2,6-7,12H2,1H3,(H,13,14). The predicted octanol–water partition coefficient (Wildman–Crippen LogP) is 1.54. The lowest BCUT2D eigenvalue weighted by Gasteiger charge is -2.05. The van der Waals surface area contributed by atoms with E-state index in [4.69, 9.17) is 5.73 Å². The largest absolute Gasteiger partial charge is 0.330 e. The van der Waals surface area contributed by atoms with Crippen molar-refractivity contribution >= 4 is 11.6 Å². The maximum atomic E-state index is 11.2. The zero-order valence-corrected chi connectivity index (χ0v) is 8.42. The van der Waals surface area contributed by atoms with E-state index in [0.717, 1.165) is 12.1 Å². The number of nitrogens with two attached hydrogens (primary N) is 1. The molecule has 0 spiro atoms. The molecule has 76 valence electrons. The van der Waals surface area contributed by atoms with Crippen LogP contribution in [-0.2, 0) is 11.2 Å². The van der Waals surface area contributed by atoms with Gasteiger partial charge in [0.1, 0.15) is 0 Å². The quantitative estimate of drug-likeness (QED) is 0.760. The lowest BCUT2D eigenvalue weighted by Crippen LogP contribution is -2.16. The van der Waals surface area contributed by atoms with Gasteiger partial charge >= 0.3 is 0 Å². The second-order valence-corrected chi connectivity index (χ2v) is 3.14. The molecular weight excluding hydrogens is 176 g/mol. The fourth-order valence-electron chi connectivity index (χ4n) is 1.22. The Bertz CT molecular complexity index is 310. The topological polar surface area (TPSA) is 55.1 Å². The van der Waals surface area contributed by atoms with Crippen LogP contribution in [0.15, 0.2) is 24.3 Å². The van der Waals surface area contributed by atoms with Crippen molar-refractivity contribution in [3.63, 3.8) is 0 Å². The third-order valence-corrected chi connectivity index (χ3v) is 1.99. The average Bonchev–Trinajstić information content (AvgIpc) is 2.18. The number of hydrogen-bond acceptors (Lipinski definition) is 2. The van der Waals surface area contributed by atoms with Gasteiger partial charge in [0, 0.05) is 18.7 Å². The van der Waals surface area contributed by atoms with Crippen molar-refractivity contribution in [3.8, 4) is 0 Å². The van der Waals surface area contributed by atoms with Crippen LogP contribution in [0.2, 0.25) is 0 Å². The van der Waals surface area contributed by atoms with Crippen molar-refractivity contribution < 1.29 is 4.79 Å². The van der Waals surface area contributed by atoms with Crippen molar-refractivity contribution in [2.45, 2.75) is 19.8 Å². The molecule has 0 aliphatic heterocycles. The molecular formula is C11H16N2O. The van der Waals surface area contributed by atoms with E-state index >= 15 is 0 Å². The second-order valence-electron chi connectivity index (χ2n) is 3.14. The fourth-order valence-corrected chi connectivity index (χ4v) is 1.22. The predicted molar refractivity (Wildman–Crippen MR) is 58.1 cm³/mol. The number of carbonyl (C=O) groups is 1. The minimum absolute atomic E-state index is 0.0271. The summed E-state index contributed by atoms with van der Waals surface area (Å²) in [5.74, 6) is -0.0271. The summed E-state index contributed by atoms with van der Waals surface area (Å²) in [4.78, 5) is 11.2. The van der Waals surface area contributed by atoms with Crippen LogP contribution in [0.25, 0.3) is 0 Å². The van der Waals surface area contributed by atoms with Crippen LogP contribution in [0.3, 0.4) is 0 Å². The molecule has 0 atom stereocenters. The maximum absolute atomic E-state index is 11.2. The van der Waals surface area contributed by atoms with Gasteiger partial charge in [0.15, 0.2) is 0 Å². The van der Waals surface area contributed by atoms with Gasteiger partial charge in [0.25, 0.3) is 0 Å². The highest BCUT2D eigenvalue weighted by Gasteiger charge is 2.00. The van der Waals surface area contributed by atoms with Gasteiger partial charge < -0.3 is 11.1 Å². The molecule has 0 radical (unpaired) electrons. The minimum Gasteiger partial charge on any atom is -0.330 e. The summed E-state index contributed by atoms with van der Waals surface area (Å²) < 4.78 is 0. The number of carbonyl (C=O) groups excluding carboxylic acids is 1. The molecule has 0 unspecified atom stereocenters. The summed E-state index contributed by atoms with van der Waals surface area (Å²) >= 11 is 0. The van der Waals surface area contributed by atoms with Crippen LogP contribution in [0.4, 0.5) is 5.69 Å². The molecule has 14 heavy (non-hydrogen) atoms. The molecule has 3 N–H and O–H groups in total. The smallest absolute Gasteiger partial charge is 0.225 e. The van der Waals surface area contributed by atoms with Gasteiger partial charge in [-0.1, -0.05) is 19.1 Å². The van der Waals surface area contributed by atoms with Crippen molar-refractivity contribution in [2.75, 3.05) is 11.9 Å². The monoisotopic (exact) mass is 192 g/mol. The van der Waals surface area contributed by atoms with E-state index < -0.39 is 0 Å². The summed E-state index contributed by atoms with van der Waals surface area (Å²) in [6.45, 7) is 2.47. The number of aryl methyl sites for hydroxylation is 1. The summed E-state index contributed by atoms with van der Waals surface area (Å²) in [6, 6.07) is 7.84. The van der Waals surface area contributed by atoms with E-state index in [9.17, 15) is 4.79 Å². The number of amides is 1. The molecule has 3 heteroatoms. The molecule has 1 rings (SSSR count). The Labute approximate surface area is 84.3 Å². The fraction of sp³-hybridized carbons (Fsp3) is 0.364. The van der Waals surface area contributed by atoms with Crippen LogP contribution in [0.1, 0.15) is 18.9 Å². The average molecular weight is 192 g/mol. The summed E-state index contributed by atoms with van der Waals surface area (Å²) in [5, 5.41) is 2.80. The molecule has 0 saturated heterocycles. The molecule has 0 fully saturated rings. The lowest BCUT2D eigenvalue weighted by atomic mass is 10.1. The Kier molecular flexibility index (Phi) is 4.13. The zero-order valence-electron chi connectivity index (χ0n) is 8.42. The highest BCUT2D eigenvalue weighted by atomic mass is 16.1. The normalized spacial score (nSPS) is 9.86. The van der Waals surface area contributed by atoms with E-state index in [1.54, 1.807) is 0 Å². The Morgan fingerprint density at radius 3 is 2.93 bits per heavy atom. The third-order valence-electron chi connectivity index (χ3n) is 1.99. The summed E-state index contributed by atoms with van der Waals surface area (Å²) in [7, 11) is 0. The van der Waals surface area contributed by atoms with Crippen molar-refractivity contribution in [3.05, 3.63) is 29.8 Å². The third kappa shape index (κ3) is 3.18. The second kappa shape index (κ2) is 5.40. The Morgan fingerprint density at radius 2 is 2.29 bits per heavy atom. The van der Waals surface area contributed by atoms with Gasteiger partial charge in [0.05, 0.1) is 0 Å². The van der Waals surface area contributed by atoms with Crippen LogP contribution >= 0.6 is 0 Å². The molecule has 0 aromatic heterocycles. The first-order valence-electron chi connectivity index (χ1n) is 4.85. The molecule has 3 nitrogen and oxygen atoms in total. The van der Waals surface area contributed by atoms with Crippen LogP contribution < -0.4 is 11.1 Å². The Hall–Kier alpha value is -1.35. The van der Waals surface area contributed by atoms with E-state index in [1.807, 2.05) is 24.3 Å². The highest BCUT2D eigenvalue weighted by molar-refractivity contribution is 5.90. The van der Waals surface area contributed by atoms with Crippen LogP contribution in [0, 0.1) is 0 Å².